The van der Waals surface area contributed by atoms with Crippen LogP contribution >= 0.6 is 7.60 Å². The van der Waals surface area contributed by atoms with Gasteiger partial charge in [0.1, 0.15) is 11.5 Å². The summed E-state index contributed by atoms with van der Waals surface area (Å²) >= 11 is 0. The fourth-order valence-corrected chi connectivity index (χ4v) is 4.29. The van der Waals surface area contributed by atoms with Crippen LogP contribution in [0.3, 0.4) is 0 Å². The predicted molar refractivity (Wildman–Crippen MR) is 127 cm³/mol. The van der Waals surface area contributed by atoms with E-state index in [0.29, 0.717) is 33.8 Å². The Morgan fingerprint density at radius 2 is 0.824 bits per heavy atom. The number of carbonyl (C=O) groups excluding carboxylic acids is 2. The van der Waals surface area contributed by atoms with Crippen molar-refractivity contribution >= 4 is 19.2 Å². The van der Waals surface area contributed by atoms with Gasteiger partial charge in [-0.3, -0.25) is 9.59 Å². The molecule has 0 aliphatic rings. The normalized spacial score (nSPS) is 10.6. The molecule has 0 N–H and O–H groups in total. The average molecular weight is 479 g/mol. The molecule has 0 amide bonds. The molecule has 4 aromatic rings. The zero-order valence-electron chi connectivity index (χ0n) is 18.9. The fraction of sp³-hybridized carbons (Fsp3) is 0.0370. The van der Waals surface area contributed by atoms with Crippen LogP contribution in [0.1, 0.15) is 31.8 Å². The molecule has 0 fully saturated rings. The summed E-state index contributed by atoms with van der Waals surface area (Å²) in [7, 11) is -3.50. The Labute approximate surface area is 220 Å². The van der Waals surface area contributed by atoms with Crippen molar-refractivity contribution in [3.05, 3.63) is 131 Å². The summed E-state index contributed by atoms with van der Waals surface area (Å²) in [6, 6.07) is 30.7. The Kier molecular flexibility index (Phi) is 8.65. The second-order valence-electron chi connectivity index (χ2n) is 7.39. The number of hydrogen-bond acceptors (Lipinski definition) is 5. The summed E-state index contributed by atoms with van der Waals surface area (Å²) in [5.74, 6) is 0.425. The standard InChI is InChI=1S/C27H21O5P.Na/c1-33(30,31-24-16-12-22(13-17-24)26(28)20-8-4-2-5-9-20)32-25-18-14-23(15-19-25)27(29)21-10-6-3-7-11-21;/h2-19H,1H3;/q;+1. The molecule has 0 aliphatic carbocycles. The molecule has 5 nitrogen and oxygen atoms in total. The first-order valence-electron chi connectivity index (χ1n) is 10.3. The van der Waals surface area contributed by atoms with Gasteiger partial charge in [0.25, 0.3) is 0 Å². The molecular weight excluding hydrogens is 458 g/mol. The van der Waals surface area contributed by atoms with Gasteiger partial charge in [-0.2, -0.15) is 0 Å². The summed E-state index contributed by atoms with van der Waals surface area (Å²) < 4.78 is 24.0. The minimum absolute atomic E-state index is 0. The Morgan fingerprint density at radius 3 is 1.15 bits per heavy atom. The van der Waals surface area contributed by atoms with Crippen molar-refractivity contribution < 1.29 is 52.8 Å². The van der Waals surface area contributed by atoms with Crippen LogP contribution in [0.4, 0.5) is 0 Å². The van der Waals surface area contributed by atoms with Gasteiger partial charge >= 0.3 is 37.2 Å². The number of rotatable bonds is 8. The first-order valence-corrected chi connectivity index (χ1v) is 12.3. The van der Waals surface area contributed by atoms with Crippen molar-refractivity contribution in [2.24, 2.45) is 0 Å². The van der Waals surface area contributed by atoms with Crippen LogP contribution in [-0.2, 0) is 4.57 Å². The van der Waals surface area contributed by atoms with Crippen molar-refractivity contribution in [1.82, 2.24) is 0 Å². The van der Waals surface area contributed by atoms with E-state index in [9.17, 15) is 14.2 Å². The molecule has 0 saturated heterocycles. The topological polar surface area (TPSA) is 69.7 Å². The fourth-order valence-electron chi connectivity index (χ4n) is 3.25. The van der Waals surface area contributed by atoms with Gasteiger partial charge in [0.2, 0.25) is 0 Å². The Morgan fingerprint density at radius 1 is 0.529 bits per heavy atom. The zero-order chi connectivity index (χ0) is 23.3. The van der Waals surface area contributed by atoms with Crippen LogP contribution in [0.2, 0.25) is 0 Å². The molecule has 0 radical (unpaired) electrons. The van der Waals surface area contributed by atoms with Gasteiger partial charge in [-0.15, -0.1) is 0 Å². The largest absolute Gasteiger partial charge is 1.00 e. The van der Waals surface area contributed by atoms with Gasteiger partial charge in [0.05, 0.1) is 6.66 Å². The molecule has 34 heavy (non-hydrogen) atoms. The number of benzene rings is 4. The molecule has 0 aromatic heterocycles. The Balaban J connectivity index is 0.00000324. The summed E-state index contributed by atoms with van der Waals surface area (Å²) in [4.78, 5) is 25.0. The van der Waals surface area contributed by atoms with E-state index in [1.54, 1.807) is 97.1 Å². The van der Waals surface area contributed by atoms with Gasteiger partial charge in [0, 0.05) is 22.3 Å². The van der Waals surface area contributed by atoms with Crippen LogP contribution in [-0.4, -0.2) is 18.2 Å². The van der Waals surface area contributed by atoms with Gasteiger partial charge in [-0.05, 0) is 48.5 Å². The summed E-state index contributed by atoms with van der Waals surface area (Å²) in [5, 5.41) is 0. The smallest absolute Gasteiger partial charge is 0.416 e. The van der Waals surface area contributed by atoms with Gasteiger partial charge in [-0.25, -0.2) is 4.57 Å². The molecule has 7 heteroatoms. The summed E-state index contributed by atoms with van der Waals surface area (Å²) in [6.45, 7) is 1.36. The molecule has 0 bridgehead atoms. The van der Waals surface area contributed by atoms with Crippen LogP contribution in [0.15, 0.2) is 109 Å². The van der Waals surface area contributed by atoms with E-state index in [4.69, 9.17) is 9.05 Å². The molecule has 4 aromatic carbocycles. The SMILES string of the molecule is CP(=O)(Oc1ccc(C(=O)c2ccccc2)cc1)Oc1ccc(C(=O)c2ccccc2)cc1.[Na+]. The molecular formula is C27H21NaO5P+. The second-order valence-corrected chi connectivity index (χ2v) is 9.30. The quantitative estimate of drug-likeness (QED) is 0.220. The van der Waals surface area contributed by atoms with E-state index >= 15 is 0 Å². The third-order valence-electron chi connectivity index (χ3n) is 4.85. The minimum Gasteiger partial charge on any atom is -0.416 e. The predicted octanol–water partition coefficient (Wildman–Crippen LogP) is 3.43. The average Bonchev–Trinajstić information content (AvgIpc) is 2.85. The van der Waals surface area contributed by atoms with Crippen LogP contribution < -0.4 is 38.6 Å². The van der Waals surface area contributed by atoms with Gasteiger partial charge in [0.15, 0.2) is 11.6 Å². The summed E-state index contributed by atoms with van der Waals surface area (Å²) in [5.41, 5.74) is 2.17. The number of hydrogen-bond donors (Lipinski definition) is 0. The molecule has 0 heterocycles. The van der Waals surface area contributed by atoms with Crippen LogP contribution in [0.5, 0.6) is 11.5 Å². The maximum Gasteiger partial charge on any atom is 1.00 e. The second kappa shape index (κ2) is 11.5. The minimum atomic E-state index is -3.50. The molecule has 164 valence electrons. The van der Waals surface area contributed by atoms with E-state index < -0.39 is 7.60 Å². The van der Waals surface area contributed by atoms with E-state index in [2.05, 4.69) is 0 Å². The van der Waals surface area contributed by atoms with Crippen molar-refractivity contribution in [3.8, 4) is 11.5 Å². The first-order chi connectivity index (χ1) is 15.9. The molecule has 0 atom stereocenters. The van der Waals surface area contributed by atoms with E-state index in [1.807, 2.05) is 12.1 Å². The molecule has 4 rings (SSSR count). The molecule has 0 spiro atoms. The zero-order valence-corrected chi connectivity index (χ0v) is 21.8. The Bertz CT molecular complexity index is 1200. The monoisotopic (exact) mass is 479 g/mol. The molecule has 0 saturated carbocycles. The third kappa shape index (κ3) is 6.55. The third-order valence-corrected chi connectivity index (χ3v) is 5.93. The number of carbonyl (C=O) groups is 2. The van der Waals surface area contributed by atoms with Crippen molar-refractivity contribution in [2.75, 3.05) is 6.66 Å². The van der Waals surface area contributed by atoms with Crippen molar-refractivity contribution in [1.29, 1.82) is 0 Å². The first kappa shape index (κ1) is 25.7. The summed E-state index contributed by atoms with van der Waals surface area (Å²) in [6.07, 6.45) is 0. The van der Waals surface area contributed by atoms with Gasteiger partial charge in [-0.1, -0.05) is 60.7 Å². The van der Waals surface area contributed by atoms with Crippen molar-refractivity contribution in [3.63, 3.8) is 0 Å². The van der Waals surface area contributed by atoms with Crippen LogP contribution in [0.25, 0.3) is 0 Å². The van der Waals surface area contributed by atoms with E-state index in [-0.39, 0.29) is 41.1 Å². The van der Waals surface area contributed by atoms with Crippen LogP contribution in [0, 0.1) is 0 Å². The molecule has 0 unspecified atom stereocenters. The number of ketones is 2. The van der Waals surface area contributed by atoms with E-state index in [0.717, 1.165) is 0 Å². The van der Waals surface area contributed by atoms with E-state index in [1.165, 1.54) is 6.66 Å². The maximum atomic E-state index is 12.9. The maximum absolute atomic E-state index is 12.9. The van der Waals surface area contributed by atoms with Crippen molar-refractivity contribution in [2.45, 2.75) is 0 Å². The molecule has 0 aliphatic heterocycles. The van der Waals surface area contributed by atoms with Gasteiger partial charge < -0.3 is 9.05 Å². The Hall–Kier alpha value is -2.95.